The van der Waals surface area contributed by atoms with Gasteiger partial charge in [0.25, 0.3) is 5.91 Å². The second-order valence-corrected chi connectivity index (χ2v) is 6.93. The van der Waals surface area contributed by atoms with Gasteiger partial charge in [0.1, 0.15) is 0 Å². The summed E-state index contributed by atoms with van der Waals surface area (Å²) in [7, 11) is 1.92. The Bertz CT molecular complexity index is 694. The molecule has 4 heteroatoms. The highest BCUT2D eigenvalue weighted by atomic mass is 16.3. The number of fused-ring (bicyclic) bond motifs is 2. The van der Waals surface area contributed by atoms with E-state index in [0.29, 0.717) is 17.9 Å². The lowest BCUT2D eigenvalue weighted by Gasteiger charge is -2.25. The van der Waals surface area contributed by atoms with Crippen LogP contribution >= 0.6 is 0 Å². The molecule has 22 heavy (non-hydrogen) atoms. The summed E-state index contributed by atoms with van der Waals surface area (Å²) in [6.45, 7) is 0. The average Bonchev–Trinajstić information content (AvgIpc) is 3.17. The summed E-state index contributed by atoms with van der Waals surface area (Å²) in [5, 5.41) is 10.7. The number of hydrogen-bond acceptors (Lipinski definition) is 2. The second kappa shape index (κ2) is 5.13. The summed E-state index contributed by atoms with van der Waals surface area (Å²) in [5.41, 5.74) is 1.76. The van der Waals surface area contributed by atoms with E-state index in [1.807, 2.05) is 42.4 Å². The molecule has 0 saturated heterocycles. The molecule has 116 valence electrons. The SMILES string of the molecule is CN(C(=O)c1c[nH]c2ccccc12)C1C[C@H]2CC(O)C[C@H]2C1. The Morgan fingerprint density at radius 1 is 1.18 bits per heavy atom. The zero-order chi connectivity index (χ0) is 15.3. The number of nitrogens with zero attached hydrogens (tertiary/aromatic N) is 1. The van der Waals surface area contributed by atoms with Crippen molar-refractivity contribution in [2.75, 3.05) is 7.05 Å². The minimum atomic E-state index is -0.120. The van der Waals surface area contributed by atoms with Crippen LogP contribution in [0, 0.1) is 11.8 Å². The minimum Gasteiger partial charge on any atom is -0.393 e. The molecule has 4 rings (SSSR count). The van der Waals surface area contributed by atoms with E-state index in [9.17, 15) is 9.90 Å². The molecule has 1 aromatic heterocycles. The molecule has 2 aliphatic carbocycles. The van der Waals surface area contributed by atoms with Crippen LogP contribution in [0.3, 0.4) is 0 Å². The molecule has 2 aliphatic rings. The van der Waals surface area contributed by atoms with Crippen molar-refractivity contribution in [3.8, 4) is 0 Å². The topological polar surface area (TPSA) is 56.3 Å². The van der Waals surface area contributed by atoms with Gasteiger partial charge in [-0.2, -0.15) is 0 Å². The lowest BCUT2D eigenvalue weighted by molar-refractivity contribution is 0.0724. The molecule has 2 N–H and O–H groups in total. The number of para-hydroxylation sites is 1. The zero-order valence-electron chi connectivity index (χ0n) is 12.8. The molecule has 1 heterocycles. The molecule has 1 amide bonds. The Balaban J connectivity index is 1.53. The number of carbonyl (C=O) groups excluding carboxylic acids is 1. The van der Waals surface area contributed by atoms with Crippen molar-refractivity contribution in [3.63, 3.8) is 0 Å². The van der Waals surface area contributed by atoms with Crippen molar-refractivity contribution in [1.29, 1.82) is 0 Å². The summed E-state index contributed by atoms with van der Waals surface area (Å²) in [4.78, 5) is 17.9. The van der Waals surface area contributed by atoms with Crippen molar-refractivity contribution < 1.29 is 9.90 Å². The third-order valence-corrected chi connectivity index (χ3v) is 5.65. The highest BCUT2D eigenvalue weighted by Crippen LogP contribution is 2.45. The number of amides is 1. The van der Waals surface area contributed by atoms with Crippen LogP contribution in [0.1, 0.15) is 36.0 Å². The lowest BCUT2D eigenvalue weighted by atomic mass is 10.0. The molecular weight excluding hydrogens is 276 g/mol. The molecule has 1 aromatic carbocycles. The monoisotopic (exact) mass is 298 g/mol. The first-order valence-corrected chi connectivity index (χ1v) is 8.15. The third kappa shape index (κ3) is 2.13. The molecule has 0 bridgehead atoms. The molecule has 2 unspecified atom stereocenters. The number of aromatic amines is 1. The fourth-order valence-corrected chi connectivity index (χ4v) is 4.47. The fraction of sp³-hybridized carbons (Fsp3) is 0.500. The van der Waals surface area contributed by atoms with Crippen molar-refractivity contribution in [2.24, 2.45) is 11.8 Å². The highest BCUT2D eigenvalue weighted by Gasteiger charge is 2.43. The summed E-state index contributed by atoms with van der Waals surface area (Å²) >= 11 is 0. The van der Waals surface area contributed by atoms with Gasteiger partial charge in [0, 0.05) is 30.2 Å². The number of aromatic nitrogens is 1. The second-order valence-electron chi connectivity index (χ2n) is 6.93. The lowest BCUT2D eigenvalue weighted by Crippen LogP contribution is -2.36. The fourth-order valence-electron chi connectivity index (χ4n) is 4.47. The molecule has 0 aliphatic heterocycles. The first-order valence-electron chi connectivity index (χ1n) is 8.15. The van der Waals surface area contributed by atoms with Crippen LogP contribution in [0.25, 0.3) is 10.9 Å². The van der Waals surface area contributed by atoms with Crippen LogP contribution in [0.2, 0.25) is 0 Å². The van der Waals surface area contributed by atoms with Gasteiger partial charge in [0.05, 0.1) is 11.7 Å². The number of aliphatic hydroxyl groups excluding tert-OH is 1. The van der Waals surface area contributed by atoms with Crippen LogP contribution in [0.5, 0.6) is 0 Å². The number of rotatable bonds is 2. The van der Waals surface area contributed by atoms with Crippen LogP contribution in [-0.2, 0) is 0 Å². The van der Waals surface area contributed by atoms with E-state index in [1.165, 1.54) is 0 Å². The maximum atomic E-state index is 12.8. The Hall–Kier alpha value is -1.81. The van der Waals surface area contributed by atoms with E-state index in [1.54, 1.807) is 0 Å². The number of H-pyrrole nitrogens is 1. The summed E-state index contributed by atoms with van der Waals surface area (Å²) in [6.07, 6.45) is 5.60. The molecule has 4 atom stereocenters. The largest absolute Gasteiger partial charge is 0.393 e. The molecule has 0 radical (unpaired) electrons. The minimum absolute atomic E-state index is 0.1000. The molecule has 0 spiro atoms. The first-order chi connectivity index (χ1) is 10.6. The molecule has 2 saturated carbocycles. The number of benzene rings is 1. The zero-order valence-corrected chi connectivity index (χ0v) is 12.8. The van der Waals surface area contributed by atoms with Crippen LogP contribution in [0.4, 0.5) is 0 Å². The van der Waals surface area contributed by atoms with E-state index < -0.39 is 0 Å². The predicted octanol–water partition coefficient (Wildman–Crippen LogP) is 2.79. The van der Waals surface area contributed by atoms with Gasteiger partial charge in [0.2, 0.25) is 0 Å². The van der Waals surface area contributed by atoms with Gasteiger partial charge in [0.15, 0.2) is 0 Å². The Labute approximate surface area is 130 Å². The van der Waals surface area contributed by atoms with E-state index in [2.05, 4.69) is 4.98 Å². The first kappa shape index (κ1) is 13.8. The number of hydrogen-bond donors (Lipinski definition) is 2. The van der Waals surface area contributed by atoms with E-state index >= 15 is 0 Å². The van der Waals surface area contributed by atoms with Gasteiger partial charge in [-0.05, 0) is 43.6 Å². The summed E-state index contributed by atoms with van der Waals surface area (Å²) in [5.74, 6) is 1.29. The molecule has 2 aromatic rings. The van der Waals surface area contributed by atoms with Crippen LogP contribution < -0.4 is 0 Å². The van der Waals surface area contributed by atoms with Gasteiger partial charge in [-0.1, -0.05) is 18.2 Å². The standard InChI is InChI=1S/C18H22N2O2/c1-20(13-6-11-8-14(21)9-12(11)7-13)18(22)16-10-19-17-5-3-2-4-15(16)17/h2-5,10-14,19,21H,6-9H2,1H3/t11-,12+,13?,14?. The van der Waals surface area contributed by atoms with Crippen molar-refractivity contribution >= 4 is 16.8 Å². The number of nitrogens with one attached hydrogen (secondary N) is 1. The Kier molecular flexibility index (Phi) is 3.22. The van der Waals surface area contributed by atoms with E-state index in [-0.39, 0.29) is 12.0 Å². The Morgan fingerprint density at radius 3 is 2.59 bits per heavy atom. The molecule has 2 fully saturated rings. The number of carbonyl (C=O) groups is 1. The maximum Gasteiger partial charge on any atom is 0.256 e. The molecular formula is C18H22N2O2. The van der Waals surface area contributed by atoms with Crippen molar-refractivity contribution in [3.05, 3.63) is 36.0 Å². The van der Waals surface area contributed by atoms with Crippen molar-refractivity contribution in [2.45, 2.75) is 37.8 Å². The van der Waals surface area contributed by atoms with Crippen molar-refractivity contribution in [1.82, 2.24) is 9.88 Å². The van der Waals surface area contributed by atoms with Gasteiger partial charge < -0.3 is 15.0 Å². The predicted molar refractivity (Wildman–Crippen MR) is 85.6 cm³/mol. The highest BCUT2D eigenvalue weighted by molar-refractivity contribution is 6.06. The summed E-state index contributed by atoms with van der Waals surface area (Å²) in [6, 6.07) is 8.23. The van der Waals surface area contributed by atoms with Crippen LogP contribution in [-0.4, -0.2) is 40.1 Å². The Morgan fingerprint density at radius 2 is 1.86 bits per heavy atom. The van der Waals surface area contributed by atoms with E-state index in [0.717, 1.165) is 42.1 Å². The average molecular weight is 298 g/mol. The maximum absolute atomic E-state index is 12.8. The third-order valence-electron chi connectivity index (χ3n) is 5.65. The van der Waals surface area contributed by atoms with Crippen LogP contribution in [0.15, 0.2) is 30.5 Å². The van der Waals surface area contributed by atoms with Gasteiger partial charge >= 0.3 is 0 Å². The van der Waals surface area contributed by atoms with Gasteiger partial charge in [-0.3, -0.25) is 4.79 Å². The number of aliphatic hydroxyl groups is 1. The summed E-state index contributed by atoms with van der Waals surface area (Å²) < 4.78 is 0. The quantitative estimate of drug-likeness (QED) is 0.895. The van der Waals surface area contributed by atoms with Gasteiger partial charge in [-0.25, -0.2) is 0 Å². The smallest absolute Gasteiger partial charge is 0.256 e. The molecule has 4 nitrogen and oxygen atoms in total. The van der Waals surface area contributed by atoms with E-state index in [4.69, 9.17) is 0 Å². The van der Waals surface area contributed by atoms with Gasteiger partial charge in [-0.15, -0.1) is 0 Å². The normalized spacial score (nSPS) is 30.6.